The molecule has 7 nitrogen and oxygen atoms in total. The van der Waals surface area contributed by atoms with Crippen molar-refractivity contribution in [3.63, 3.8) is 0 Å². The van der Waals surface area contributed by atoms with E-state index in [1.54, 1.807) is 13.2 Å². The number of fused-ring (bicyclic) bond motifs is 1. The van der Waals surface area contributed by atoms with E-state index in [-0.39, 0.29) is 5.76 Å². The first-order valence-corrected chi connectivity index (χ1v) is 9.98. The maximum absolute atomic E-state index is 12.4. The Morgan fingerprint density at radius 1 is 1.18 bits per heavy atom. The van der Waals surface area contributed by atoms with E-state index in [1.807, 2.05) is 47.9 Å². The third-order valence-corrected chi connectivity index (χ3v) is 5.27. The van der Waals surface area contributed by atoms with Crippen LogP contribution in [0.3, 0.4) is 0 Å². The van der Waals surface area contributed by atoms with Crippen molar-refractivity contribution in [2.75, 3.05) is 6.61 Å². The second-order valence-corrected chi connectivity index (χ2v) is 6.89. The van der Waals surface area contributed by atoms with Crippen LogP contribution >= 0.6 is 11.8 Å². The van der Waals surface area contributed by atoms with Crippen molar-refractivity contribution >= 4 is 28.7 Å². The van der Waals surface area contributed by atoms with E-state index in [2.05, 4.69) is 10.2 Å². The second-order valence-electron chi connectivity index (χ2n) is 5.94. The van der Waals surface area contributed by atoms with Crippen LogP contribution in [-0.4, -0.2) is 27.3 Å². The second kappa shape index (κ2) is 7.93. The minimum Gasteiger partial charge on any atom is -0.461 e. The van der Waals surface area contributed by atoms with Gasteiger partial charge in [-0.05, 0) is 32.0 Å². The van der Waals surface area contributed by atoms with Gasteiger partial charge >= 0.3 is 5.97 Å². The number of hydrogen-bond donors (Lipinski definition) is 0. The fourth-order valence-electron chi connectivity index (χ4n) is 3.01. The van der Waals surface area contributed by atoms with Crippen LogP contribution in [0, 0.1) is 0 Å². The quantitative estimate of drug-likeness (QED) is 0.328. The zero-order chi connectivity index (χ0) is 19.5. The number of nitrogens with zero attached hydrogens (tertiary/aromatic N) is 3. The van der Waals surface area contributed by atoms with E-state index >= 15 is 0 Å². The van der Waals surface area contributed by atoms with Crippen LogP contribution in [0.2, 0.25) is 0 Å². The molecule has 0 saturated heterocycles. The Morgan fingerprint density at radius 2 is 2.04 bits per heavy atom. The van der Waals surface area contributed by atoms with Crippen molar-refractivity contribution in [3.05, 3.63) is 54.0 Å². The van der Waals surface area contributed by atoms with Crippen LogP contribution in [0.5, 0.6) is 0 Å². The first-order valence-electron chi connectivity index (χ1n) is 9.00. The summed E-state index contributed by atoms with van der Waals surface area (Å²) in [6, 6.07) is 11.3. The van der Waals surface area contributed by atoms with Crippen LogP contribution in [0.1, 0.15) is 30.0 Å². The molecular weight excluding hydrogens is 378 g/mol. The largest absolute Gasteiger partial charge is 0.461 e. The molecule has 0 amide bonds. The lowest BCUT2D eigenvalue weighted by Crippen LogP contribution is -2.06. The molecule has 0 aliphatic heterocycles. The fraction of sp³-hybridized carbons (Fsp3) is 0.250. The summed E-state index contributed by atoms with van der Waals surface area (Å²) < 4.78 is 18.4. The van der Waals surface area contributed by atoms with Gasteiger partial charge in [0.15, 0.2) is 16.7 Å². The number of esters is 1. The molecule has 0 radical (unpaired) electrons. The Kier molecular flexibility index (Phi) is 5.21. The maximum atomic E-state index is 12.4. The van der Waals surface area contributed by atoms with Gasteiger partial charge in [-0.15, -0.1) is 10.2 Å². The summed E-state index contributed by atoms with van der Waals surface area (Å²) in [4.78, 5) is 12.4. The molecule has 4 rings (SSSR count). The Bertz CT molecular complexity index is 1100. The van der Waals surface area contributed by atoms with E-state index in [9.17, 15) is 4.79 Å². The Labute approximate surface area is 165 Å². The highest BCUT2D eigenvalue weighted by atomic mass is 32.2. The number of hydrogen-bond acceptors (Lipinski definition) is 7. The molecule has 0 fully saturated rings. The van der Waals surface area contributed by atoms with E-state index in [0.29, 0.717) is 36.1 Å². The third-order valence-electron chi connectivity index (χ3n) is 4.28. The molecular formula is C20H19N3O4S. The number of ether oxygens (including phenoxy) is 1. The molecule has 0 aliphatic carbocycles. The summed E-state index contributed by atoms with van der Waals surface area (Å²) in [5.41, 5.74) is 1.46. The summed E-state index contributed by atoms with van der Waals surface area (Å²) in [5.74, 6) is 1.63. The maximum Gasteiger partial charge on any atom is 0.374 e. The molecule has 3 aromatic heterocycles. The van der Waals surface area contributed by atoms with Gasteiger partial charge < -0.3 is 13.6 Å². The number of para-hydroxylation sites is 1. The van der Waals surface area contributed by atoms with E-state index in [0.717, 1.165) is 16.1 Å². The summed E-state index contributed by atoms with van der Waals surface area (Å²) in [7, 11) is 0. The number of carbonyl (C=O) groups is 1. The minimum atomic E-state index is -0.456. The molecule has 0 N–H and O–H groups in total. The summed E-state index contributed by atoms with van der Waals surface area (Å²) in [6.45, 7) is 4.79. The van der Waals surface area contributed by atoms with Gasteiger partial charge in [0.1, 0.15) is 5.58 Å². The summed E-state index contributed by atoms with van der Waals surface area (Å²) >= 11 is 1.49. The zero-order valence-electron chi connectivity index (χ0n) is 15.5. The predicted octanol–water partition coefficient (Wildman–Crippen LogP) is 4.77. The smallest absolute Gasteiger partial charge is 0.374 e. The van der Waals surface area contributed by atoms with Gasteiger partial charge in [-0.3, -0.25) is 4.57 Å². The molecule has 0 saturated carbocycles. The number of furan rings is 2. The monoisotopic (exact) mass is 397 g/mol. The van der Waals surface area contributed by atoms with Gasteiger partial charge in [0, 0.05) is 23.2 Å². The van der Waals surface area contributed by atoms with Crippen molar-refractivity contribution in [1.29, 1.82) is 0 Å². The lowest BCUT2D eigenvalue weighted by molar-refractivity contribution is 0.0491. The number of aromatic nitrogens is 3. The predicted molar refractivity (Wildman–Crippen MR) is 105 cm³/mol. The molecule has 3 heterocycles. The summed E-state index contributed by atoms with van der Waals surface area (Å²) in [5, 5.41) is 10.2. The lowest BCUT2D eigenvalue weighted by atomic mass is 10.1. The highest BCUT2D eigenvalue weighted by molar-refractivity contribution is 7.98. The molecule has 8 heteroatoms. The average Bonchev–Trinajstić information content (AvgIpc) is 3.43. The standard InChI is InChI=1S/C20H19N3O4S/c1-3-23-18(16-10-7-11-26-16)21-22-20(23)28-12-14-13-8-5-6-9-15(13)27-17(14)19(24)25-4-2/h5-11H,3-4,12H2,1-2H3. The number of benzene rings is 1. The molecule has 144 valence electrons. The first-order chi connectivity index (χ1) is 13.7. The van der Waals surface area contributed by atoms with Crippen molar-refractivity contribution in [2.24, 2.45) is 0 Å². The highest BCUT2D eigenvalue weighted by Crippen LogP contribution is 2.33. The average molecular weight is 397 g/mol. The Morgan fingerprint density at radius 3 is 2.79 bits per heavy atom. The van der Waals surface area contributed by atoms with Crippen molar-refractivity contribution in [1.82, 2.24) is 14.8 Å². The number of carbonyl (C=O) groups excluding carboxylic acids is 1. The van der Waals surface area contributed by atoms with Gasteiger partial charge in [0.2, 0.25) is 5.76 Å². The van der Waals surface area contributed by atoms with Crippen molar-refractivity contribution in [3.8, 4) is 11.6 Å². The van der Waals surface area contributed by atoms with Gasteiger partial charge in [0.05, 0.1) is 12.9 Å². The molecule has 0 spiro atoms. The molecule has 4 aromatic rings. The van der Waals surface area contributed by atoms with Crippen molar-refractivity contribution < 1.29 is 18.4 Å². The minimum absolute atomic E-state index is 0.240. The molecule has 1 aromatic carbocycles. The van der Waals surface area contributed by atoms with Crippen molar-refractivity contribution in [2.45, 2.75) is 31.3 Å². The fourth-order valence-corrected chi connectivity index (χ4v) is 4.04. The van der Waals surface area contributed by atoms with Gasteiger partial charge in [-0.1, -0.05) is 30.0 Å². The number of rotatable bonds is 7. The first kappa shape index (κ1) is 18.4. The lowest BCUT2D eigenvalue weighted by Gasteiger charge is -2.06. The van der Waals surface area contributed by atoms with Gasteiger partial charge in [0.25, 0.3) is 0 Å². The zero-order valence-corrected chi connectivity index (χ0v) is 16.4. The molecule has 0 unspecified atom stereocenters. The molecule has 0 bridgehead atoms. The highest BCUT2D eigenvalue weighted by Gasteiger charge is 2.23. The Hall–Kier alpha value is -3.00. The normalized spacial score (nSPS) is 11.2. The number of thioether (sulfide) groups is 1. The molecule has 0 aliphatic rings. The Balaban J connectivity index is 1.66. The van der Waals surface area contributed by atoms with Crippen LogP contribution in [0.25, 0.3) is 22.6 Å². The third kappa shape index (κ3) is 3.31. The van der Waals surface area contributed by atoms with Gasteiger partial charge in [-0.25, -0.2) is 4.79 Å². The van der Waals surface area contributed by atoms with Crippen LogP contribution in [0.15, 0.2) is 56.7 Å². The van der Waals surface area contributed by atoms with E-state index in [1.165, 1.54) is 11.8 Å². The topological polar surface area (TPSA) is 83.3 Å². The van der Waals surface area contributed by atoms with Gasteiger partial charge in [-0.2, -0.15) is 0 Å². The van der Waals surface area contributed by atoms with E-state index < -0.39 is 5.97 Å². The van der Waals surface area contributed by atoms with Crippen LogP contribution in [0.4, 0.5) is 0 Å². The summed E-state index contributed by atoms with van der Waals surface area (Å²) in [6.07, 6.45) is 1.61. The van der Waals surface area contributed by atoms with E-state index in [4.69, 9.17) is 13.6 Å². The van der Waals surface area contributed by atoms with Crippen LogP contribution in [-0.2, 0) is 17.0 Å². The molecule has 0 atom stereocenters. The SMILES string of the molecule is CCOC(=O)c1oc2ccccc2c1CSc1nnc(-c2ccco2)n1CC. The molecule has 28 heavy (non-hydrogen) atoms. The van der Waals surface area contributed by atoms with Crippen LogP contribution < -0.4 is 0 Å².